The summed E-state index contributed by atoms with van der Waals surface area (Å²) >= 11 is 2.47. The second-order valence-corrected chi connectivity index (χ2v) is 14.5. The first-order chi connectivity index (χ1) is 25.0. The number of hydrogen-bond donors (Lipinski definition) is 5. The third kappa shape index (κ3) is 10.2. The Hall–Kier alpha value is -4.27. The number of Topliss-reactive ketones (excluding diaryl/α,β-unsaturated/α-hetero) is 1. The van der Waals surface area contributed by atoms with Crippen molar-refractivity contribution in [3.05, 3.63) is 82.6 Å². The van der Waals surface area contributed by atoms with Gasteiger partial charge in [0.15, 0.2) is 6.61 Å². The maximum atomic E-state index is 14.7. The van der Waals surface area contributed by atoms with Crippen LogP contribution in [0.5, 0.6) is 5.75 Å². The van der Waals surface area contributed by atoms with Crippen LogP contribution in [-0.2, 0) is 28.7 Å². The van der Waals surface area contributed by atoms with Crippen LogP contribution in [-0.4, -0.2) is 69.9 Å². The summed E-state index contributed by atoms with van der Waals surface area (Å²) in [6.45, 7) is 3.87. The molecule has 0 spiro atoms. The highest BCUT2D eigenvalue weighted by Gasteiger charge is 2.48. The van der Waals surface area contributed by atoms with Gasteiger partial charge < -0.3 is 25.6 Å². The van der Waals surface area contributed by atoms with Gasteiger partial charge in [-0.2, -0.15) is 0 Å². The molecule has 0 saturated carbocycles. The highest BCUT2D eigenvalue weighted by Crippen LogP contribution is 2.43. The third-order valence-corrected chi connectivity index (χ3v) is 10.8. The van der Waals surface area contributed by atoms with Crippen LogP contribution >= 0.6 is 23.7 Å². The average molecular weight is 753 g/mol. The summed E-state index contributed by atoms with van der Waals surface area (Å²) in [5, 5.41) is 23.2. The maximum absolute atomic E-state index is 14.7. The second-order valence-electron chi connectivity index (χ2n) is 12.7. The van der Waals surface area contributed by atoms with Gasteiger partial charge in [0, 0.05) is 18.7 Å². The zero-order chi connectivity index (χ0) is 37.7. The van der Waals surface area contributed by atoms with Crippen molar-refractivity contribution in [3.63, 3.8) is 0 Å². The van der Waals surface area contributed by atoms with Crippen molar-refractivity contribution in [2.45, 2.75) is 88.5 Å². The smallest absolute Gasteiger partial charge is 0.303 e. The highest BCUT2D eigenvalue weighted by atomic mass is 32.2. The number of amides is 3. The van der Waals surface area contributed by atoms with E-state index in [0.29, 0.717) is 41.8 Å². The Morgan fingerprint density at radius 3 is 2.29 bits per heavy atom. The summed E-state index contributed by atoms with van der Waals surface area (Å²) in [5.41, 5.74) is 0.354. The molecule has 2 aromatic carbocycles. The Kier molecular flexibility index (Phi) is 15.2. The van der Waals surface area contributed by atoms with Crippen LogP contribution < -0.4 is 20.3 Å². The Bertz CT molecular complexity index is 1640. The van der Waals surface area contributed by atoms with Gasteiger partial charge in [-0.3, -0.25) is 28.9 Å². The fourth-order valence-corrected chi connectivity index (χ4v) is 7.81. The Morgan fingerprint density at radius 1 is 1.00 bits per heavy atom. The number of aromatic hydroxyl groups is 1. The predicted octanol–water partition coefficient (Wildman–Crippen LogP) is 5.75. The van der Waals surface area contributed by atoms with E-state index in [-0.39, 0.29) is 41.9 Å². The number of ether oxygens (including phenoxy) is 1. The van der Waals surface area contributed by atoms with Gasteiger partial charge in [0.1, 0.15) is 34.0 Å². The molecule has 52 heavy (non-hydrogen) atoms. The van der Waals surface area contributed by atoms with E-state index in [9.17, 15) is 29.1 Å². The fraction of sp³-hybridized carbons (Fsp3) is 0.447. The highest BCUT2D eigenvalue weighted by molar-refractivity contribution is 8.01. The maximum Gasteiger partial charge on any atom is 0.303 e. The Morgan fingerprint density at radius 2 is 1.67 bits per heavy atom. The molecule has 3 amide bonds. The molecule has 12 nitrogen and oxygen atoms in total. The van der Waals surface area contributed by atoms with E-state index >= 15 is 0 Å². The molecule has 14 heteroatoms. The largest absolute Gasteiger partial charge is 0.508 e. The molecule has 1 aliphatic heterocycles. The van der Waals surface area contributed by atoms with Gasteiger partial charge in [-0.1, -0.05) is 69.9 Å². The zero-order valence-electron chi connectivity index (χ0n) is 29.8. The molecule has 2 aliphatic rings. The molecule has 280 valence electrons. The summed E-state index contributed by atoms with van der Waals surface area (Å²) in [6, 6.07) is 13.9. The standard InChI is InChI=1S/C38H48N4O8S2/c1-4-6-20-38(21-7-5-2)37(49)42(26-13-9-8-10-14-26)33-29(52-41-38)23-28(35(51-3)34(33)47)50-24-30(44)40-32(25-16-18-27(43)19-17-25)36(48)39-22-12-11-15-31(45)46/h8-10,13-14,16-19,23,32,35,41,43H,4-7,11-12,15,20-22,24H2,1-3H3,(H,39,48)(H,40,44)(H,45,46)/t32-,35+/m1/s1. The second kappa shape index (κ2) is 19.5. The minimum Gasteiger partial charge on any atom is -0.508 e. The molecule has 4 rings (SSSR count). The molecule has 0 radical (unpaired) electrons. The van der Waals surface area contributed by atoms with Gasteiger partial charge in [-0.25, -0.2) is 4.72 Å². The number of rotatable bonds is 19. The number of carbonyl (C=O) groups is 5. The Balaban J connectivity index is 1.59. The summed E-state index contributed by atoms with van der Waals surface area (Å²) in [7, 11) is 0. The molecule has 1 aliphatic carbocycles. The van der Waals surface area contributed by atoms with Crippen molar-refractivity contribution in [2.75, 3.05) is 24.3 Å². The molecular weight excluding hydrogens is 705 g/mol. The van der Waals surface area contributed by atoms with Crippen LogP contribution in [0.2, 0.25) is 0 Å². The third-order valence-electron chi connectivity index (χ3n) is 8.87. The van der Waals surface area contributed by atoms with Crippen molar-refractivity contribution in [1.82, 2.24) is 15.4 Å². The number of ketones is 1. The number of carboxylic acids is 1. The van der Waals surface area contributed by atoms with Crippen molar-refractivity contribution >= 4 is 58.9 Å². The van der Waals surface area contributed by atoms with Crippen LogP contribution in [0.4, 0.5) is 5.69 Å². The first kappa shape index (κ1) is 40.5. The molecule has 5 N–H and O–H groups in total. The van der Waals surface area contributed by atoms with E-state index in [2.05, 4.69) is 29.2 Å². The molecule has 0 unspecified atom stereocenters. The first-order valence-electron chi connectivity index (χ1n) is 17.6. The van der Waals surface area contributed by atoms with Gasteiger partial charge in [-0.15, -0.1) is 11.8 Å². The molecule has 0 aromatic heterocycles. The number of nitrogens with one attached hydrogen (secondary N) is 3. The lowest BCUT2D eigenvalue weighted by Gasteiger charge is -2.36. The van der Waals surface area contributed by atoms with Crippen LogP contribution in [0, 0.1) is 0 Å². The number of phenols is 1. The summed E-state index contributed by atoms with van der Waals surface area (Å²) in [5.74, 6) is -2.32. The van der Waals surface area contributed by atoms with E-state index in [1.807, 2.05) is 30.3 Å². The van der Waals surface area contributed by atoms with Gasteiger partial charge >= 0.3 is 5.97 Å². The minimum absolute atomic E-state index is 0.0108. The monoisotopic (exact) mass is 752 g/mol. The SMILES string of the molecule is CCCCC1(CCCC)NSC2=C(C(=O)[C@@H](SC)C(OCC(=O)N[C@@H](C(=O)NCCCCC(=O)O)c3ccc(O)cc3)=C2)N(c2ccccc2)C1=O. The number of thioether (sulfide) groups is 1. The quantitative estimate of drug-likeness (QED) is 0.0873. The van der Waals surface area contributed by atoms with Gasteiger partial charge in [-0.05, 0) is 79.8 Å². The van der Waals surface area contributed by atoms with Gasteiger partial charge in [0.2, 0.25) is 11.7 Å². The molecular formula is C38H48N4O8S2. The van der Waals surface area contributed by atoms with Crippen LogP contribution in [0.1, 0.15) is 83.2 Å². The summed E-state index contributed by atoms with van der Waals surface area (Å²) in [4.78, 5) is 68.5. The normalized spacial score (nSPS) is 17.5. The minimum atomic E-state index is -1.13. The van der Waals surface area contributed by atoms with Gasteiger partial charge in [0.05, 0.1) is 4.91 Å². The van der Waals surface area contributed by atoms with E-state index in [1.165, 1.54) is 48.0 Å². The van der Waals surface area contributed by atoms with E-state index in [1.54, 1.807) is 17.2 Å². The average Bonchev–Trinajstić information content (AvgIpc) is 3.26. The van der Waals surface area contributed by atoms with E-state index in [4.69, 9.17) is 9.84 Å². The summed E-state index contributed by atoms with van der Waals surface area (Å²) < 4.78 is 9.51. The van der Waals surface area contributed by atoms with Crippen molar-refractivity contribution in [1.29, 1.82) is 0 Å². The van der Waals surface area contributed by atoms with Crippen LogP contribution in [0.3, 0.4) is 0 Å². The number of unbranched alkanes of at least 4 members (excludes halogenated alkanes) is 3. The fourth-order valence-electron chi connectivity index (χ4n) is 6.05. The molecule has 0 fully saturated rings. The number of hydrogen-bond acceptors (Lipinski definition) is 10. The van der Waals surface area contributed by atoms with E-state index in [0.717, 1.165) is 25.7 Å². The lowest BCUT2D eigenvalue weighted by Crippen LogP contribution is -2.55. The number of nitrogens with zero attached hydrogens (tertiary/aromatic N) is 1. The molecule has 0 saturated heterocycles. The Labute approximate surface area is 313 Å². The number of phenolic OH excluding ortho intramolecular Hbond substituents is 1. The zero-order valence-corrected chi connectivity index (χ0v) is 31.4. The summed E-state index contributed by atoms with van der Waals surface area (Å²) in [6.07, 6.45) is 8.93. The lowest BCUT2D eigenvalue weighted by molar-refractivity contribution is -0.137. The lowest BCUT2D eigenvalue weighted by atomic mass is 9.86. The number of para-hydroxylation sites is 1. The van der Waals surface area contributed by atoms with Gasteiger partial charge in [0.25, 0.3) is 11.8 Å². The number of aliphatic carboxylic acids is 1. The molecule has 2 aromatic rings. The number of anilines is 1. The molecule has 0 bridgehead atoms. The topological polar surface area (TPSA) is 174 Å². The number of carboxylic acid groups (broad SMARTS) is 1. The number of carbonyl (C=O) groups excluding carboxylic acids is 4. The van der Waals surface area contributed by atoms with Crippen molar-refractivity contribution < 1.29 is 38.9 Å². The van der Waals surface area contributed by atoms with Crippen LogP contribution in [0.15, 0.2) is 77.0 Å². The predicted molar refractivity (Wildman–Crippen MR) is 203 cm³/mol. The van der Waals surface area contributed by atoms with Crippen molar-refractivity contribution in [2.24, 2.45) is 0 Å². The molecule has 2 atom stereocenters. The molecule has 1 heterocycles. The van der Waals surface area contributed by atoms with Crippen LogP contribution in [0.25, 0.3) is 0 Å². The number of allylic oxidation sites excluding steroid dienone is 2. The van der Waals surface area contributed by atoms with Crippen molar-refractivity contribution in [3.8, 4) is 5.75 Å². The van der Waals surface area contributed by atoms with E-state index < -0.39 is 41.2 Å². The number of benzene rings is 2. The first-order valence-corrected chi connectivity index (χ1v) is 19.7.